The molecule has 2 N–H and O–H groups in total. The zero-order chi connectivity index (χ0) is 16.5. The van der Waals surface area contributed by atoms with Crippen LogP contribution in [0.5, 0.6) is 0 Å². The molecule has 8 heteroatoms. The molecule has 0 bridgehead atoms. The molecule has 3 amide bonds. The fourth-order valence-corrected chi connectivity index (χ4v) is 1.60. The lowest BCUT2D eigenvalue weighted by Crippen LogP contribution is -2.44. The Kier molecular flexibility index (Phi) is 7.38. The van der Waals surface area contributed by atoms with Gasteiger partial charge in [-0.15, -0.1) is 0 Å². The van der Waals surface area contributed by atoms with Gasteiger partial charge in [0.05, 0.1) is 0 Å². The lowest BCUT2D eigenvalue weighted by molar-refractivity contribution is -0.143. The highest BCUT2D eigenvalue weighted by Gasteiger charge is 2.11. The van der Waals surface area contributed by atoms with Crippen LogP contribution in [0, 0.1) is 0 Å². The summed E-state index contributed by atoms with van der Waals surface area (Å²) in [5, 5.41) is 4.62. The van der Waals surface area contributed by atoms with Crippen molar-refractivity contribution < 1.29 is 23.5 Å². The molecule has 0 spiro atoms. The van der Waals surface area contributed by atoms with Gasteiger partial charge in [0.25, 0.3) is 5.91 Å². The van der Waals surface area contributed by atoms with Gasteiger partial charge in [0.1, 0.15) is 5.76 Å². The van der Waals surface area contributed by atoms with Crippen molar-refractivity contribution in [2.45, 2.75) is 26.3 Å². The minimum Gasteiger partial charge on any atom is -0.452 e. The van der Waals surface area contributed by atoms with Crippen molar-refractivity contribution in [3.63, 3.8) is 0 Å². The number of rotatable bonds is 6. The molecule has 1 aromatic rings. The van der Waals surface area contributed by atoms with Crippen molar-refractivity contribution in [1.29, 1.82) is 0 Å². The van der Waals surface area contributed by atoms with Crippen LogP contribution in [0.3, 0.4) is 0 Å². The Bertz CT molecular complexity index is 567. The Morgan fingerprint density at radius 1 is 1.41 bits per heavy atom. The molecular weight excluding hydrogens is 356 g/mol. The van der Waals surface area contributed by atoms with E-state index in [0.717, 1.165) is 12.5 Å². The molecule has 1 heterocycles. The first-order chi connectivity index (χ1) is 10.4. The molecule has 0 aliphatic rings. The van der Waals surface area contributed by atoms with Crippen LogP contribution < -0.4 is 10.6 Å². The second-order valence-electron chi connectivity index (χ2n) is 4.41. The average Bonchev–Trinajstić information content (AvgIpc) is 2.88. The third-order valence-electron chi connectivity index (χ3n) is 2.57. The summed E-state index contributed by atoms with van der Waals surface area (Å²) in [7, 11) is 0. The fourth-order valence-electron chi connectivity index (χ4n) is 1.28. The first kappa shape index (κ1) is 18.0. The molecule has 0 aromatic carbocycles. The van der Waals surface area contributed by atoms with Gasteiger partial charge in [-0.25, -0.2) is 9.59 Å². The second-order valence-corrected chi connectivity index (χ2v) is 5.20. The maximum atomic E-state index is 11.4. The van der Waals surface area contributed by atoms with Crippen LogP contribution in [0.2, 0.25) is 0 Å². The number of carbonyl (C=O) groups excluding carboxylic acids is 3. The van der Waals surface area contributed by atoms with Gasteiger partial charge in [0.15, 0.2) is 11.3 Å². The van der Waals surface area contributed by atoms with Gasteiger partial charge in [-0.1, -0.05) is 6.92 Å². The van der Waals surface area contributed by atoms with E-state index in [1.165, 1.54) is 6.08 Å². The maximum absolute atomic E-state index is 11.4. The van der Waals surface area contributed by atoms with E-state index in [2.05, 4.69) is 26.6 Å². The number of halogens is 1. The van der Waals surface area contributed by atoms with E-state index in [1.807, 2.05) is 13.8 Å². The van der Waals surface area contributed by atoms with Crippen LogP contribution in [-0.4, -0.2) is 30.6 Å². The number of furan rings is 1. The highest BCUT2D eigenvalue weighted by Crippen LogP contribution is 2.14. The molecule has 22 heavy (non-hydrogen) atoms. The minimum atomic E-state index is -0.718. The van der Waals surface area contributed by atoms with Crippen molar-refractivity contribution >= 4 is 39.9 Å². The summed E-state index contributed by atoms with van der Waals surface area (Å²) < 4.78 is 10.4. The lowest BCUT2D eigenvalue weighted by Gasteiger charge is -2.11. The first-order valence-electron chi connectivity index (χ1n) is 6.61. The van der Waals surface area contributed by atoms with Crippen LogP contribution in [0.4, 0.5) is 4.79 Å². The normalized spacial score (nSPS) is 12.0. The predicted molar refractivity (Wildman–Crippen MR) is 82.8 cm³/mol. The van der Waals surface area contributed by atoms with E-state index < -0.39 is 24.5 Å². The van der Waals surface area contributed by atoms with Gasteiger partial charge in [-0.3, -0.25) is 10.1 Å². The summed E-state index contributed by atoms with van der Waals surface area (Å²) in [6, 6.07) is 2.66. The van der Waals surface area contributed by atoms with Gasteiger partial charge < -0.3 is 14.5 Å². The summed E-state index contributed by atoms with van der Waals surface area (Å²) >= 11 is 3.13. The smallest absolute Gasteiger partial charge is 0.331 e. The SMILES string of the molecule is CC[C@@H](C)NC(=O)NC(=O)COC(=O)/C=C/c1ccc(Br)o1. The molecule has 1 atom stereocenters. The predicted octanol–water partition coefficient (Wildman–Crippen LogP) is 2.22. The van der Waals surface area contributed by atoms with Crippen molar-refractivity contribution in [3.05, 3.63) is 28.6 Å². The van der Waals surface area contributed by atoms with Crippen LogP contribution in [0.15, 0.2) is 27.3 Å². The lowest BCUT2D eigenvalue weighted by atomic mass is 10.3. The number of esters is 1. The molecule has 7 nitrogen and oxygen atoms in total. The fraction of sp³-hybridized carbons (Fsp3) is 0.357. The van der Waals surface area contributed by atoms with Crippen LogP contribution >= 0.6 is 15.9 Å². The number of hydrogen-bond donors (Lipinski definition) is 2. The molecule has 0 radical (unpaired) electrons. The second kappa shape index (κ2) is 9.04. The number of nitrogens with one attached hydrogen (secondary N) is 2. The largest absolute Gasteiger partial charge is 0.452 e. The van der Waals surface area contributed by atoms with Gasteiger partial charge in [-0.05, 0) is 47.5 Å². The number of amides is 3. The van der Waals surface area contributed by atoms with Crippen molar-refractivity contribution in [3.8, 4) is 0 Å². The van der Waals surface area contributed by atoms with Crippen molar-refractivity contribution in [2.24, 2.45) is 0 Å². The van der Waals surface area contributed by atoms with E-state index in [1.54, 1.807) is 12.1 Å². The maximum Gasteiger partial charge on any atom is 0.331 e. The van der Waals surface area contributed by atoms with E-state index >= 15 is 0 Å². The Morgan fingerprint density at radius 2 is 2.14 bits per heavy atom. The quantitative estimate of drug-likeness (QED) is 0.589. The van der Waals surface area contributed by atoms with E-state index in [9.17, 15) is 14.4 Å². The van der Waals surface area contributed by atoms with Crippen molar-refractivity contribution in [1.82, 2.24) is 10.6 Å². The third-order valence-corrected chi connectivity index (χ3v) is 2.99. The van der Waals surface area contributed by atoms with Crippen molar-refractivity contribution in [2.75, 3.05) is 6.61 Å². The van der Waals surface area contributed by atoms with Crippen LogP contribution in [0.25, 0.3) is 6.08 Å². The van der Waals surface area contributed by atoms with Gasteiger partial charge in [-0.2, -0.15) is 0 Å². The molecule has 0 saturated heterocycles. The minimum absolute atomic E-state index is 0.0501. The molecular formula is C14H17BrN2O5. The molecule has 0 aliphatic carbocycles. The number of ether oxygens (including phenoxy) is 1. The van der Waals surface area contributed by atoms with Crippen LogP contribution in [-0.2, 0) is 14.3 Å². The molecule has 1 rings (SSSR count). The summed E-state index contributed by atoms with van der Waals surface area (Å²) in [5.41, 5.74) is 0. The highest BCUT2D eigenvalue weighted by molar-refractivity contribution is 9.10. The van der Waals surface area contributed by atoms with E-state index in [0.29, 0.717) is 10.4 Å². The Labute approximate surface area is 136 Å². The summed E-state index contributed by atoms with van der Waals surface area (Å²) in [6.45, 7) is 3.17. The molecule has 0 saturated carbocycles. The Hall–Kier alpha value is -2.09. The number of hydrogen-bond acceptors (Lipinski definition) is 5. The highest BCUT2D eigenvalue weighted by atomic mass is 79.9. The molecule has 120 valence electrons. The topological polar surface area (TPSA) is 97.6 Å². The summed E-state index contributed by atoms with van der Waals surface area (Å²) in [5.74, 6) is -0.963. The van der Waals surface area contributed by atoms with Gasteiger partial charge in [0.2, 0.25) is 0 Å². The van der Waals surface area contributed by atoms with E-state index in [-0.39, 0.29) is 6.04 Å². The monoisotopic (exact) mass is 372 g/mol. The standard InChI is InChI=1S/C14H17BrN2O5/c1-3-9(2)16-14(20)17-12(18)8-21-13(19)7-5-10-4-6-11(15)22-10/h4-7,9H,3,8H2,1-2H3,(H2,16,17,18,20)/b7-5+/t9-/m1/s1. The van der Waals surface area contributed by atoms with Gasteiger partial charge in [0, 0.05) is 12.1 Å². The molecule has 0 aliphatic heterocycles. The van der Waals surface area contributed by atoms with E-state index in [4.69, 9.17) is 9.15 Å². The number of urea groups is 1. The summed E-state index contributed by atoms with van der Waals surface area (Å²) in [4.78, 5) is 34.2. The third kappa shape index (κ3) is 7.07. The number of carbonyl (C=O) groups is 3. The number of imide groups is 1. The Morgan fingerprint density at radius 3 is 2.73 bits per heavy atom. The zero-order valence-corrected chi connectivity index (χ0v) is 13.8. The average molecular weight is 373 g/mol. The first-order valence-corrected chi connectivity index (χ1v) is 7.40. The Balaban J connectivity index is 2.30. The zero-order valence-electron chi connectivity index (χ0n) is 12.2. The molecule has 1 aromatic heterocycles. The molecule has 0 fully saturated rings. The van der Waals surface area contributed by atoms with Crippen LogP contribution in [0.1, 0.15) is 26.0 Å². The van der Waals surface area contributed by atoms with Gasteiger partial charge >= 0.3 is 12.0 Å². The molecule has 0 unspecified atom stereocenters. The summed E-state index contributed by atoms with van der Waals surface area (Å²) in [6.07, 6.45) is 3.27.